The van der Waals surface area contributed by atoms with Gasteiger partial charge in [0.2, 0.25) is 0 Å². The zero-order valence-corrected chi connectivity index (χ0v) is 8.85. The first-order valence-corrected chi connectivity index (χ1v) is 5.64. The Hall–Kier alpha value is 0.310. The van der Waals surface area contributed by atoms with Gasteiger partial charge in [0.05, 0.1) is 12.7 Å². The molecule has 0 heterocycles. The van der Waals surface area contributed by atoms with Crippen molar-refractivity contribution in [2.24, 2.45) is 0 Å². The van der Waals surface area contributed by atoms with Crippen LogP contribution >= 0.6 is 12.6 Å². The van der Waals surface area contributed by atoms with Gasteiger partial charge >= 0.3 is 0 Å². The van der Waals surface area contributed by atoms with E-state index in [1.54, 1.807) is 0 Å². The second kappa shape index (κ2) is 5.87. The molecular weight excluding hydrogens is 168 g/mol. The van der Waals surface area contributed by atoms with Gasteiger partial charge in [0.25, 0.3) is 0 Å². The van der Waals surface area contributed by atoms with Crippen molar-refractivity contribution in [1.29, 1.82) is 0 Å². The molecule has 0 aromatic rings. The molecule has 0 radical (unpaired) electrons. The summed E-state index contributed by atoms with van der Waals surface area (Å²) in [6.07, 6.45) is 8.30. The van der Waals surface area contributed by atoms with E-state index in [0.717, 1.165) is 13.0 Å². The average molecular weight is 188 g/mol. The molecule has 12 heavy (non-hydrogen) atoms. The first kappa shape index (κ1) is 10.4. The standard InChI is InChI=1S/C10H20OS/c1-2-10(12)8-11-9-6-4-3-5-7-9/h9-10,12H,2-8H2,1H3. The average Bonchev–Trinajstić information content (AvgIpc) is 2.16. The van der Waals surface area contributed by atoms with Gasteiger partial charge in [-0.25, -0.2) is 0 Å². The van der Waals surface area contributed by atoms with Gasteiger partial charge in [-0.3, -0.25) is 0 Å². The molecule has 0 bridgehead atoms. The molecule has 2 heteroatoms. The molecule has 0 N–H and O–H groups in total. The van der Waals surface area contributed by atoms with Crippen molar-refractivity contribution < 1.29 is 4.74 Å². The van der Waals surface area contributed by atoms with Crippen LogP contribution < -0.4 is 0 Å². The fourth-order valence-corrected chi connectivity index (χ4v) is 1.68. The Morgan fingerprint density at radius 1 is 1.33 bits per heavy atom. The van der Waals surface area contributed by atoms with E-state index in [1.807, 2.05) is 0 Å². The lowest BCUT2D eigenvalue weighted by atomic mass is 9.98. The van der Waals surface area contributed by atoms with Crippen LogP contribution in [0.15, 0.2) is 0 Å². The van der Waals surface area contributed by atoms with Gasteiger partial charge in [-0.1, -0.05) is 26.2 Å². The highest BCUT2D eigenvalue weighted by Gasteiger charge is 2.14. The quantitative estimate of drug-likeness (QED) is 0.667. The highest BCUT2D eigenvalue weighted by Crippen LogP contribution is 2.20. The van der Waals surface area contributed by atoms with Crippen LogP contribution in [0.4, 0.5) is 0 Å². The van der Waals surface area contributed by atoms with Crippen LogP contribution in [0.5, 0.6) is 0 Å². The summed E-state index contributed by atoms with van der Waals surface area (Å²) in [7, 11) is 0. The minimum absolute atomic E-state index is 0.437. The van der Waals surface area contributed by atoms with Crippen LogP contribution in [-0.2, 0) is 4.74 Å². The minimum Gasteiger partial charge on any atom is -0.377 e. The topological polar surface area (TPSA) is 9.23 Å². The SMILES string of the molecule is CCC(S)COC1CCCCC1. The minimum atomic E-state index is 0.437. The number of thiol groups is 1. The van der Waals surface area contributed by atoms with Crippen LogP contribution in [0.3, 0.4) is 0 Å². The van der Waals surface area contributed by atoms with E-state index < -0.39 is 0 Å². The molecule has 0 aromatic carbocycles. The first-order valence-electron chi connectivity index (χ1n) is 5.12. The van der Waals surface area contributed by atoms with Crippen molar-refractivity contribution in [3.05, 3.63) is 0 Å². The Bertz CT molecular complexity index is 110. The maximum Gasteiger partial charge on any atom is 0.0586 e. The second-order valence-electron chi connectivity index (χ2n) is 3.66. The summed E-state index contributed by atoms with van der Waals surface area (Å²) >= 11 is 4.40. The molecular formula is C10H20OS. The molecule has 1 saturated carbocycles. The summed E-state index contributed by atoms with van der Waals surface area (Å²) < 4.78 is 5.76. The summed E-state index contributed by atoms with van der Waals surface area (Å²) in [5.41, 5.74) is 0. The van der Waals surface area contributed by atoms with Crippen LogP contribution in [0, 0.1) is 0 Å². The van der Waals surface area contributed by atoms with Gasteiger partial charge in [-0.15, -0.1) is 0 Å². The van der Waals surface area contributed by atoms with Gasteiger partial charge < -0.3 is 4.74 Å². The van der Waals surface area contributed by atoms with Crippen LogP contribution in [-0.4, -0.2) is 18.0 Å². The van der Waals surface area contributed by atoms with Crippen LogP contribution in [0.2, 0.25) is 0 Å². The molecule has 1 nitrogen and oxygen atoms in total. The first-order chi connectivity index (χ1) is 5.83. The fraction of sp³-hybridized carbons (Fsp3) is 1.00. The van der Waals surface area contributed by atoms with E-state index in [9.17, 15) is 0 Å². The van der Waals surface area contributed by atoms with Crippen LogP contribution in [0.1, 0.15) is 45.4 Å². The Morgan fingerprint density at radius 2 is 2.00 bits per heavy atom. The number of rotatable bonds is 4. The summed E-state index contributed by atoms with van der Waals surface area (Å²) in [6, 6.07) is 0. The van der Waals surface area contributed by atoms with Crippen molar-refractivity contribution >= 4 is 12.6 Å². The van der Waals surface area contributed by atoms with E-state index in [0.29, 0.717) is 11.4 Å². The third-order valence-corrected chi connectivity index (χ3v) is 3.06. The molecule has 0 aromatic heterocycles. The molecule has 0 aliphatic heterocycles. The lowest BCUT2D eigenvalue weighted by Crippen LogP contribution is -2.20. The second-order valence-corrected chi connectivity index (χ2v) is 4.39. The summed E-state index contributed by atoms with van der Waals surface area (Å²) in [4.78, 5) is 0. The van der Waals surface area contributed by atoms with E-state index in [1.165, 1.54) is 32.1 Å². The molecule has 1 fully saturated rings. The van der Waals surface area contributed by atoms with E-state index in [-0.39, 0.29) is 0 Å². The maximum atomic E-state index is 5.76. The van der Waals surface area contributed by atoms with E-state index in [4.69, 9.17) is 4.74 Å². The van der Waals surface area contributed by atoms with Crippen molar-refractivity contribution in [2.75, 3.05) is 6.61 Å². The number of ether oxygens (including phenoxy) is 1. The van der Waals surface area contributed by atoms with Gasteiger partial charge in [-0.2, -0.15) is 12.6 Å². The lowest BCUT2D eigenvalue weighted by Gasteiger charge is -2.23. The highest BCUT2D eigenvalue weighted by atomic mass is 32.1. The molecule has 1 aliphatic rings. The van der Waals surface area contributed by atoms with Crippen molar-refractivity contribution in [2.45, 2.75) is 56.8 Å². The largest absolute Gasteiger partial charge is 0.377 e. The molecule has 72 valence electrons. The molecule has 1 aliphatic carbocycles. The summed E-state index contributed by atoms with van der Waals surface area (Å²) in [5.74, 6) is 0. The smallest absolute Gasteiger partial charge is 0.0586 e. The Labute approximate surface area is 81.3 Å². The predicted molar refractivity (Wildman–Crippen MR) is 55.9 cm³/mol. The molecule has 0 saturated heterocycles. The molecule has 1 unspecified atom stereocenters. The van der Waals surface area contributed by atoms with Crippen molar-refractivity contribution in [3.63, 3.8) is 0 Å². The van der Waals surface area contributed by atoms with Crippen LogP contribution in [0.25, 0.3) is 0 Å². The van der Waals surface area contributed by atoms with Crippen molar-refractivity contribution in [3.8, 4) is 0 Å². The fourth-order valence-electron chi connectivity index (χ4n) is 1.60. The summed E-state index contributed by atoms with van der Waals surface area (Å²) in [6.45, 7) is 2.99. The number of hydrogen-bond donors (Lipinski definition) is 1. The molecule has 0 spiro atoms. The van der Waals surface area contributed by atoms with Gasteiger partial charge in [0, 0.05) is 5.25 Å². The molecule has 1 atom stereocenters. The monoisotopic (exact) mass is 188 g/mol. The lowest BCUT2D eigenvalue weighted by molar-refractivity contribution is 0.0293. The number of hydrogen-bond acceptors (Lipinski definition) is 2. The zero-order valence-electron chi connectivity index (χ0n) is 7.96. The Morgan fingerprint density at radius 3 is 2.58 bits per heavy atom. The van der Waals surface area contributed by atoms with Gasteiger partial charge in [0.1, 0.15) is 0 Å². The Balaban J connectivity index is 2.05. The molecule has 0 amide bonds. The maximum absolute atomic E-state index is 5.76. The third kappa shape index (κ3) is 3.81. The third-order valence-electron chi connectivity index (χ3n) is 2.55. The van der Waals surface area contributed by atoms with E-state index in [2.05, 4.69) is 19.6 Å². The predicted octanol–water partition coefficient (Wildman–Crippen LogP) is 3.04. The normalized spacial score (nSPS) is 22.5. The molecule has 1 rings (SSSR count). The Kier molecular flexibility index (Phi) is 5.08. The zero-order chi connectivity index (χ0) is 8.81. The van der Waals surface area contributed by atoms with Crippen molar-refractivity contribution in [1.82, 2.24) is 0 Å². The highest BCUT2D eigenvalue weighted by molar-refractivity contribution is 7.81. The van der Waals surface area contributed by atoms with Gasteiger partial charge in [0.15, 0.2) is 0 Å². The van der Waals surface area contributed by atoms with Gasteiger partial charge in [-0.05, 0) is 19.3 Å². The summed E-state index contributed by atoms with van der Waals surface area (Å²) in [5, 5.41) is 0.437. The van der Waals surface area contributed by atoms with E-state index >= 15 is 0 Å².